The van der Waals surface area contributed by atoms with Gasteiger partial charge >= 0.3 is 20.5 Å². The molecule has 0 fully saturated rings. The van der Waals surface area contributed by atoms with Gasteiger partial charge in [0.15, 0.2) is 16.6 Å². The van der Waals surface area contributed by atoms with Crippen LogP contribution in [0.4, 0.5) is 0 Å². The molecule has 10 nitrogen and oxygen atoms in total. The Labute approximate surface area is 269 Å². The molecule has 0 spiro atoms. The second kappa shape index (κ2) is 18.8. The molecule has 0 atom stereocenters. The number of unbranched alkanes of at least 4 members (excludes halogenated alkanes) is 3. The van der Waals surface area contributed by atoms with Crippen LogP contribution in [-0.2, 0) is 36.9 Å². The summed E-state index contributed by atoms with van der Waals surface area (Å²) in [6.07, 6.45) is 9.00. The average molecular weight is 673 g/mol. The third kappa shape index (κ3) is 25.3. The van der Waals surface area contributed by atoms with Crippen molar-refractivity contribution in [3.63, 3.8) is 0 Å². The molecule has 2 N–H and O–H groups in total. The molecule has 44 heavy (non-hydrogen) atoms. The second-order valence-corrected chi connectivity index (χ2v) is 27.3. The van der Waals surface area contributed by atoms with Gasteiger partial charge in [0.05, 0.1) is 13.2 Å². The Bertz CT molecular complexity index is 997. The van der Waals surface area contributed by atoms with E-state index in [9.17, 15) is 19.2 Å². The number of rotatable bonds is 19. The molecule has 254 valence electrons. The molecule has 0 aliphatic carbocycles. The summed E-state index contributed by atoms with van der Waals surface area (Å²) in [5, 5.41) is 5.51. The molecule has 0 bridgehead atoms. The van der Waals surface area contributed by atoms with Crippen LogP contribution in [0.1, 0.15) is 73.6 Å². The third-order valence-corrected chi connectivity index (χ3v) is 17.3. The predicted octanol–water partition coefficient (Wildman–Crippen LogP) is 6.11. The zero-order valence-electron chi connectivity index (χ0n) is 29.4. The van der Waals surface area contributed by atoms with Crippen molar-refractivity contribution in [1.29, 1.82) is 0 Å². The first-order valence-electron chi connectivity index (χ1n) is 15.6. The number of nitrogens with one attached hydrogen (secondary N) is 2. The molecule has 0 aliphatic rings. The zero-order valence-corrected chi connectivity index (χ0v) is 32.4. The van der Waals surface area contributed by atoms with Gasteiger partial charge in [0.25, 0.3) is 0 Å². The van der Waals surface area contributed by atoms with Crippen LogP contribution in [0.25, 0.3) is 0 Å². The number of hydrogen-bond donors (Lipinski definition) is 2. The normalized spacial score (nSPS) is 13.3. The van der Waals surface area contributed by atoms with Gasteiger partial charge in [0.1, 0.15) is 0 Å². The van der Waals surface area contributed by atoms with Gasteiger partial charge in [-0.2, -0.15) is 0 Å². The lowest BCUT2D eigenvalue weighted by Crippen LogP contribution is -2.52. The van der Waals surface area contributed by atoms with Crippen molar-refractivity contribution in [1.82, 2.24) is 10.6 Å². The summed E-state index contributed by atoms with van der Waals surface area (Å²) in [6.45, 7) is 25.0. The molecule has 0 unspecified atom stereocenters. The van der Waals surface area contributed by atoms with E-state index in [2.05, 4.69) is 49.9 Å². The minimum absolute atomic E-state index is 0.302. The zero-order chi connectivity index (χ0) is 34.2. The highest BCUT2D eigenvalue weighted by atomic mass is 28.5. The minimum atomic E-state index is -2.34. The highest BCUT2D eigenvalue weighted by molar-refractivity contribution is 6.87. The topological polar surface area (TPSA) is 129 Å². The van der Waals surface area contributed by atoms with Gasteiger partial charge < -0.3 is 28.3 Å². The van der Waals surface area contributed by atoms with E-state index in [0.717, 1.165) is 56.3 Å². The summed E-state index contributed by atoms with van der Waals surface area (Å²) in [7, 11) is -6.27. The molecular formula is C31H60N2O8Si3. The van der Waals surface area contributed by atoms with Crippen molar-refractivity contribution >= 4 is 48.9 Å². The van der Waals surface area contributed by atoms with E-state index in [1.807, 2.05) is 41.5 Å². The van der Waals surface area contributed by atoms with Crippen LogP contribution in [0.2, 0.25) is 51.4 Å². The summed E-state index contributed by atoms with van der Waals surface area (Å²) in [6, 6.07) is 1.93. The average Bonchev–Trinajstić information content (AvgIpc) is 2.79. The highest BCUT2D eigenvalue weighted by Crippen LogP contribution is 2.27. The first-order valence-corrected chi connectivity index (χ1v) is 24.7. The van der Waals surface area contributed by atoms with Crippen molar-refractivity contribution in [2.24, 2.45) is 0 Å². The van der Waals surface area contributed by atoms with Crippen LogP contribution in [-0.4, -0.2) is 73.2 Å². The number of esters is 2. The van der Waals surface area contributed by atoms with Crippen LogP contribution in [0, 0.1) is 0 Å². The smallest absolute Gasteiger partial charge is 0.330 e. The summed E-state index contributed by atoms with van der Waals surface area (Å²) in [5.74, 6) is -1.69. The third-order valence-electron chi connectivity index (χ3n) is 5.87. The van der Waals surface area contributed by atoms with Crippen LogP contribution < -0.4 is 10.6 Å². The Morgan fingerprint density at radius 1 is 0.545 bits per heavy atom. The first-order chi connectivity index (χ1) is 19.9. The fraction of sp³-hybridized carbons (Fsp3) is 0.742. The van der Waals surface area contributed by atoms with Crippen LogP contribution in [0.3, 0.4) is 0 Å². The molecule has 13 heteroatoms. The minimum Gasteiger partial charge on any atom is -0.463 e. The van der Waals surface area contributed by atoms with Crippen LogP contribution in [0.15, 0.2) is 24.3 Å². The van der Waals surface area contributed by atoms with Crippen molar-refractivity contribution in [3.05, 3.63) is 24.3 Å². The molecule has 0 saturated heterocycles. The van der Waals surface area contributed by atoms with Gasteiger partial charge in [-0.05, 0) is 106 Å². The molecule has 0 heterocycles. The summed E-state index contributed by atoms with van der Waals surface area (Å²) in [4.78, 5) is 47.3. The van der Waals surface area contributed by atoms with Gasteiger partial charge in [-0.3, -0.25) is 9.59 Å². The SMILES string of the molecule is CC(C)(C)NC(=O)/C=C/C(=O)OCCCCC[Si](C)(C)O[Si](C)(C)O[Si](C)(C)CCCCOC(=O)/C=C/C(=O)NC(C)(C)C. The Morgan fingerprint density at radius 2 is 0.886 bits per heavy atom. The largest absolute Gasteiger partial charge is 0.463 e. The molecular weight excluding hydrogens is 613 g/mol. The summed E-state index contributed by atoms with van der Waals surface area (Å²) in [5.41, 5.74) is -0.723. The number of carbonyl (C=O) groups is 4. The lowest BCUT2D eigenvalue weighted by atomic mass is 10.1. The number of hydrogen-bond acceptors (Lipinski definition) is 8. The fourth-order valence-corrected chi connectivity index (χ4v) is 18.7. The van der Waals surface area contributed by atoms with Crippen molar-refractivity contribution in [3.8, 4) is 0 Å². The maximum absolute atomic E-state index is 11.9. The Morgan fingerprint density at radius 3 is 1.25 bits per heavy atom. The predicted molar refractivity (Wildman–Crippen MR) is 183 cm³/mol. The summed E-state index contributed by atoms with van der Waals surface area (Å²) < 4.78 is 23.8. The summed E-state index contributed by atoms with van der Waals surface area (Å²) >= 11 is 0. The molecule has 2 amide bonds. The molecule has 0 saturated carbocycles. The second-order valence-electron chi connectivity index (χ2n) is 14.9. The molecule has 0 aromatic heterocycles. The van der Waals surface area contributed by atoms with E-state index in [1.165, 1.54) is 12.2 Å². The van der Waals surface area contributed by atoms with E-state index in [-0.39, 0.29) is 22.9 Å². The van der Waals surface area contributed by atoms with E-state index in [0.29, 0.717) is 13.2 Å². The Balaban J connectivity index is 4.33. The monoisotopic (exact) mass is 672 g/mol. The van der Waals surface area contributed by atoms with Crippen LogP contribution in [0.5, 0.6) is 0 Å². The Kier molecular flexibility index (Phi) is 17.9. The lowest BCUT2D eigenvalue weighted by Gasteiger charge is -2.38. The molecule has 0 rings (SSSR count). The van der Waals surface area contributed by atoms with Crippen LogP contribution >= 0.6 is 0 Å². The van der Waals surface area contributed by atoms with Crippen molar-refractivity contribution in [2.45, 2.75) is 136 Å². The number of amides is 2. The van der Waals surface area contributed by atoms with E-state index < -0.39 is 37.1 Å². The van der Waals surface area contributed by atoms with Gasteiger partial charge in [0, 0.05) is 35.4 Å². The highest BCUT2D eigenvalue weighted by Gasteiger charge is 2.39. The van der Waals surface area contributed by atoms with Crippen molar-refractivity contribution < 1.29 is 36.9 Å². The number of ether oxygens (including phenoxy) is 2. The van der Waals surface area contributed by atoms with E-state index >= 15 is 0 Å². The van der Waals surface area contributed by atoms with Gasteiger partial charge in [-0.25, -0.2) is 9.59 Å². The quantitative estimate of drug-likeness (QED) is 0.0728. The standard InChI is InChI=1S/C31H60N2O8Si3/c1-30(2,3)32-26(34)18-20-28(36)38-22-14-13-16-24-42(7,8)40-44(11,12)41-43(9,10)25-17-15-23-39-29(37)21-19-27(35)33-31(4,5)6/h18-21H,13-17,22-25H2,1-12H3,(H,32,34)(H,33,35)/b20-18+,21-19+. The maximum Gasteiger partial charge on any atom is 0.330 e. The molecule has 0 aromatic carbocycles. The fourth-order valence-electron chi connectivity index (χ4n) is 4.49. The van der Waals surface area contributed by atoms with Gasteiger partial charge in [-0.1, -0.05) is 19.3 Å². The first kappa shape index (κ1) is 41.9. The van der Waals surface area contributed by atoms with E-state index in [4.69, 9.17) is 17.7 Å². The molecule has 0 aromatic rings. The lowest BCUT2D eigenvalue weighted by molar-refractivity contribution is -0.138. The van der Waals surface area contributed by atoms with Gasteiger partial charge in [-0.15, -0.1) is 0 Å². The molecule has 0 radical (unpaired) electrons. The van der Waals surface area contributed by atoms with E-state index in [1.54, 1.807) is 0 Å². The number of carbonyl (C=O) groups excluding carboxylic acids is 4. The van der Waals surface area contributed by atoms with Crippen molar-refractivity contribution in [2.75, 3.05) is 13.2 Å². The maximum atomic E-state index is 11.9. The Hall–Kier alpha value is -2.07. The van der Waals surface area contributed by atoms with Gasteiger partial charge in [0.2, 0.25) is 11.8 Å². The molecule has 0 aliphatic heterocycles.